The maximum absolute atomic E-state index is 13.4. The summed E-state index contributed by atoms with van der Waals surface area (Å²) >= 11 is 0. The SMILES string of the molecule is Cc1ccccc1-c1noc([C@@H](C)Oc2cc(F)ccc2[N+](=O)[O-])n1. The number of nitrogens with zero attached hydrogens (tertiary/aromatic N) is 3. The molecule has 0 aliphatic rings. The van der Waals surface area contributed by atoms with E-state index in [-0.39, 0.29) is 17.3 Å². The molecule has 0 saturated carbocycles. The van der Waals surface area contributed by atoms with Gasteiger partial charge < -0.3 is 9.26 Å². The molecule has 7 nitrogen and oxygen atoms in total. The first kappa shape index (κ1) is 16.6. The van der Waals surface area contributed by atoms with E-state index >= 15 is 0 Å². The average Bonchev–Trinajstić information content (AvgIpc) is 3.05. The number of rotatable bonds is 5. The smallest absolute Gasteiger partial charge is 0.311 e. The van der Waals surface area contributed by atoms with E-state index in [2.05, 4.69) is 10.1 Å². The Morgan fingerprint density at radius 3 is 2.76 bits per heavy atom. The third-order valence-electron chi connectivity index (χ3n) is 3.60. The molecule has 3 aromatic rings. The van der Waals surface area contributed by atoms with Gasteiger partial charge in [0.15, 0.2) is 6.10 Å². The largest absolute Gasteiger partial charge is 0.474 e. The van der Waals surface area contributed by atoms with Crippen molar-refractivity contribution in [3.05, 3.63) is 69.9 Å². The van der Waals surface area contributed by atoms with Crippen molar-refractivity contribution in [3.63, 3.8) is 0 Å². The molecule has 1 atom stereocenters. The number of aromatic nitrogens is 2. The van der Waals surface area contributed by atoms with Crippen LogP contribution in [0.4, 0.5) is 10.1 Å². The first-order valence-electron chi connectivity index (χ1n) is 7.46. The molecule has 0 aliphatic heterocycles. The summed E-state index contributed by atoms with van der Waals surface area (Å²) in [7, 11) is 0. The molecule has 3 rings (SSSR count). The highest BCUT2D eigenvalue weighted by molar-refractivity contribution is 5.59. The van der Waals surface area contributed by atoms with E-state index < -0.39 is 16.8 Å². The maximum atomic E-state index is 13.4. The van der Waals surface area contributed by atoms with Crippen molar-refractivity contribution in [1.82, 2.24) is 10.1 Å². The first-order chi connectivity index (χ1) is 12.0. The second-order valence-electron chi connectivity index (χ2n) is 5.40. The number of ether oxygens (including phenoxy) is 1. The molecule has 8 heteroatoms. The predicted octanol–water partition coefficient (Wildman–Crippen LogP) is 4.23. The van der Waals surface area contributed by atoms with Crippen LogP contribution in [0.3, 0.4) is 0 Å². The van der Waals surface area contributed by atoms with Crippen molar-refractivity contribution >= 4 is 5.69 Å². The lowest BCUT2D eigenvalue weighted by molar-refractivity contribution is -0.386. The highest BCUT2D eigenvalue weighted by Gasteiger charge is 2.22. The quantitative estimate of drug-likeness (QED) is 0.508. The summed E-state index contributed by atoms with van der Waals surface area (Å²) in [5.41, 5.74) is 1.44. The summed E-state index contributed by atoms with van der Waals surface area (Å²) < 4.78 is 24.0. The molecule has 0 saturated heterocycles. The van der Waals surface area contributed by atoms with E-state index in [9.17, 15) is 14.5 Å². The fourth-order valence-corrected chi connectivity index (χ4v) is 2.31. The van der Waals surface area contributed by atoms with Crippen LogP contribution in [0.2, 0.25) is 0 Å². The van der Waals surface area contributed by atoms with Crippen molar-refractivity contribution in [3.8, 4) is 17.1 Å². The van der Waals surface area contributed by atoms with Crippen molar-refractivity contribution < 1.29 is 18.6 Å². The van der Waals surface area contributed by atoms with Crippen LogP contribution >= 0.6 is 0 Å². The first-order valence-corrected chi connectivity index (χ1v) is 7.46. The van der Waals surface area contributed by atoms with Crippen molar-refractivity contribution in [1.29, 1.82) is 0 Å². The van der Waals surface area contributed by atoms with Crippen LogP contribution in [-0.4, -0.2) is 15.1 Å². The van der Waals surface area contributed by atoms with Gasteiger partial charge >= 0.3 is 5.69 Å². The number of halogens is 1. The number of hydrogen-bond donors (Lipinski definition) is 0. The molecule has 0 N–H and O–H groups in total. The van der Waals surface area contributed by atoms with Crippen LogP contribution in [0, 0.1) is 22.9 Å². The van der Waals surface area contributed by atoms with E-state index in [1.165, 1.54) is 0 Å². The zero-order valence-corrected chi connectivity index (χ0v) is 13.5. The van der Waals surface area contributed by atoms with Gasteiger partial charge in [0.2, 0.25) is 11.6 Å². The highest BCUT2D eigenvalue weighted by atomic mass is 19.1. The van der Waals surface area contributed by atoms with Gasteiger partial charge in [0.25, 0.3) is 5.89 Å². The summed E-state index contributed by atoms with van der Waals surface area (Å²) in [5, 5.41) is 14.9. The molecule has 2 aromatic carbocycles. The molecular formula is C17H14FN3O4. The normalized spacial score (nSPS) is 12.0. The minimum absolute atomic E-state index is 0.136. The van der Waals surface area contributed by atoms with Gasteiger partial charge in [-0.1, -0.05) is 29.4 Å². The van der Waals surface area contributed by atoms with Crippen molar-refractivity contribution in [2.75, 3.05) is 0 Å². The number of hydrogen-bond acceptors (Lipinski definition) is 6. The fourth-order valence-electron chi connectivity index (χ4n) is 2.31. The Hall–Kier alpha value is -3.29. The molecule has 128 valence electrons. The molecule has 0 unspecified atom stereocenters. The lowest BCUT2D eigenvalue weighted by atomic mass is 10.1. The van der Waals surface area contributed by atoms with Gasteiger partial charge in [0.05, 0.1) is 4.92 Å². The van der Waals surface area contributed by atoms with Crippen molar-refractivity contribution in [2.45, 2.75) is 20.0 Å². The number of benzene rings is 2. The van der Waals surface area contributed by atoms with Gasteiger partial charge in [-0.2, -0.15) is 4.98 Å². The summed E-state index contributed by atoms with van der Waals surface area (Å²) in [5.74, 6) is -0.318. The lowest BCUT2D eigenvalue weighted by Gasteiger charge is -2.10. The van der Waals surface area contributed by atoms with Gasteiger partial charge in [0, 0.05) is 17.7 Å². The minimum Gasteiger partial charge on any atom is -0.474 e. The van der Waals surface area contributed by atoms with E-state index in [1.54, 1.807) is 6.92 Å². The topological polar surface area (TPSA) is 91.3 Å². The van der Waals surface area contributed by atoms with Crippen molar-refractivity contribution in [2.24, 2.45) is 0 Å². The Bertz CT molecular complexity index is 926. The molecule has 0 spiro atoms. The van der Waals surface area contributed by atoms with Crippen LogP contribution in [0.25, 0.3) is 11.4 Å². The van der Waals surface area contributed by atoms with Crippen LogP contribution in [0.15, 0.2) is 47.0 Å². The van der Waals surface area contributed by atoms with E-state index in [1.807, 2.05) is 31.2 Å². The Balaban J connectivity index is 1.86. The second-order valence-corrected chi connectivity index (χ2v) is 5.40. The van der Waals surface area contributed by atoms with E-state index in [4.69, 9.17) is 9.26 Å². The minimum atomic E-state index is -0.786. The molecule has 0 amide bonds. The molecule has 0 bridgehead atoms. The molecule has 25 heavy (non-hydrogen) atoms. The molecule has 0 aliphatic carbocycles. The van der Waals surface area contributed by atoms with Gasteiger partial charge in [0.1, 0.15) is 5.82 Å². The average molecular weight is 343 g/mol. The van der Waals surface area contributed by atoms with Gasteiger partial charge in [-0.25, -0.2) is 4.39 Å². The predicted molar refractivity (Wildman–Crippen MR) is 86.6 cm³/mol. The third kappa shape index (κ3) is 3.47. The summed E-state index contributed by atoms with van der Waals surface area (Å²) in [4.78, 5) is 14.7. The monoisotopic (exact) mass is 343 g/mol. The Kier molecular flexibility index (Phi) is 4.42. The Morgan fingerprint density at radius 1 is 1.28 bits per heavy atom. The van der Waals surface area contributed by atoms with Crippen LogP contribution in [0.5, 0.6) is 5.75 Å². The number of aryl methyl sites for hydroxylation is 1. The number of nitro groups is 1. The second kappa shape index (κ2) is 6.68. The molecule has 0 radical (unpaired) electrons. The standard InChI is InChI=1S/C17H14FN3O4/c1-10-5-3-4-6-13(10)16-19-17(25-20-16)11(2)24-15-9-12(18)7-8-14(15)21(22)23/h3-9,11H,1-2H3/t11-/m1/s1. The zero-order chi connectivity index (χ0) is 18.0. The van der Waals surface area contributed by atoms with Crippen LogP contribution in [0.1, 0.15) is 24.5 Å². The maximum Gasteiger partial charge on any atom is 0.311 e. The zero-order valence-electron chi connectivity index (χ0n) is 13.5. The fraction of sp³-hybridized carbons (Fsp3) is 0.176. The third-order valence-corrected chi connectivity index (χ3v) is 3.60. The molecular weight excluding hydrogens is 329 g/mol. The van der Waals surface area contributed by atoms with E-state index in [0.717, 1.165) is 29.3 Å². The van der Waals surface area contributed by atoms with Gasteiger partial charge in [-0.3, -0.25) is 10.1 Å². The summed E-state index contributed by atoms with van der Waals surface area (Å²) in [6.07, 6.45) is -0.786. The van der Waals surface area contributed by atoms with E-state index in [0.29, 0.717) is 5.82 Å². The van der Waals surface area contributed by atoms with Crippen LogP contribution < -0.4 is 4.74 Å². The highest BCUT2D eigenvalue weighted by Crippen LogP contribution is 2.32. The Morgan fingerprint density at radius 2 is 2.04 bits per heavy atom. The Labute approximate surface area is 142 Å². The van der Waals surface area contributed by atoms with Crippen LogP contribution in [-0.2, 0) is 0 Å². The summed E-state index contributed by atoms with van der Waals surface area (Å²) in [6.45, 7) is 3.51. The summed E-state index contributed by atoms with van der Waals surface area (Å²) in [6, 6.07) is 10.5. The van der Waals surface area contributed by atoms with Gasteiger partial charge in [-0.15, -0.1) is 0 Å². The molecule has 1 aromatic heterocycles. The molecule has 0 fully saturated rings. The number of nitro benzene ring substituents is 1. The molecule has 1 heterocycles. The van der Waals surface area contributed by atoms with Gasteiger partial charge in [-0.05, 0) is 25.5 Å². The lowest BCUT2D eigenvalue weighted by Crippen LogP contribution is -2.05.